The molecule has 1 fully saturated rings. The van der Waals surface area contributed by atoms with Gasteiger partial charge in [-0.25, -0.2) is 9.69 Å². The summed E-state index contributed by atoms with van der Waals surface area (Å²) >= 11 is 6.00. The average molecular weight is 548 g/mol. The number of ether oxygens (including phenoxy) is 1. The molecule has 0 bridgehead atoms. The van der Waals surface area contributed by atoms with Crippen molar-refractivity contribution in [1.29, 1.82) is 0 Å². The van der Waals surface area contributed by atoms with Crippen molar-refractivity contribution in [2.45, 2.75) is 51.5 Å². The van der Waals surface area contributed by atoms with E-state index in [9.17, 15) is 14.4 Å². The summed E-state index contributed by atoms with van der Waals surface area (Å²) in [5.74, 6) is -0.0157. The Kier molecular flexibility index (Phi) is 9.97. The van der Waals surface area contributed by atoms with Gasteiger partial charge in [-0.1, -0.05) is 68.1 Å². The number of hydrogen-bond acceptors (Lipinski definition) is 4. The Morgan fingerprint density at radius 1 is 0.923 bits per heavy atom. The third-order valence-corrected chi connectivity index (χ3v) is 6.92. The second-order valence-electron chi connectivity index (χ2n) is 9.56. The number of nitrogens with one attached hydrogen (secondary N) is 1. The molecule has 1 heterocycles. The van der Waals surface area contributed by atoms with Crippen LogP contribution in [-0.4, -0.2) is 41.9 Å². The van der Waals surface area contributed by atoms with Crippen molar-refractivity contribution in [3.05, 3.63) is 89.4 Å². The van der Waals surface area contributed by atoms with Crippen LogP contribution in [0.15, 0.2) is 78.9 Å². The molecule has 1 atom stereocenters. The highest BCUT2D eigenvalue weighted by atomic mass is 35.5. The van der Waals surface area contributed by atoms with Gasteiger partial charge in [0.1, 0.15) is 11.8 Å². The summed E-state index contributed by atoms with van der Waals surface area (Å²) in [6.07, 6.45) is 4.91. The Bertz CT molecular complexity index is 1250. The van der Waals surface area contributed by atoms with E-state index in [0.29, 0.717) is 29.4 Å². The molecule has 1 aliphatic rings. The Morgan fingerprint density at radius 2 is 1.64 bits per heavy atom. The smallest absolute Gasteiger partial charge is 0.332 e. The summed E-state index contributed by atoms with van der Waals surface area (Å²) in [5.41, 5.74) is 2.06. The zero-order chi connectivity index (χ0) is 27.6. The van der Waals surface area contributed by atoms with Crippen LogP contribution in [0.5, 0.6) is 5.75 Å². The van der Waals surface area contributed by atoms with E-state index in [2.05, 4.69) is 12.2 Å². The van der Waals surface area contributed by atoms with Gasteiger partial charge in [-0.2, -0.15) is 0 Å². The quantitative estimate of drug-likeness (QED) is 0.190. The summed E-state index contributed by atoms with van der Waals surface area (Å²) in [4.78, 5) is 42.5. The number of anilines is 2. The van der Waals surface area contributed by atoms with Crippen molar-refractivity contribution in [3.8, 4) is 5.75 Å². The lowest BCUT2D eigenvalue weighted by atomic mass is 10.1. The fourth-order valence-electron chi connectivity index (χ4n) is 4.54. The molecule has 4 rings (SSSR count). The molecule has 0 radical (unpaired) electrons. The molecule has 8 heteroatoms. The Morgan fingerprint density at radius 3 is 2.33 bits per heavy atom. The number of para-hydroxylation sites is 1. The van der Waals surface area contributed by atoms with Crippen molar-refractivity contribution in [3.63, 3.8) is 0 Å². The van der Waals surface area contributed by atoms with Crippen molar-refractivity contribution in [2.24, 2.45) is 0 Å². The first-order valence-corrected chi connectivity index (χ1v) is 13.8. The van der Waals surface area contributed by atoms with Gasteiger partial charge in [-0.15, -0.1) is 0 Å². The first-order chi connectivity index (χ1) is 19.0. The van der Waals surface area contributed by atoms with E-state index in [0.717, 1.165) is 29.1 Å². The molecule has 1 unspecified atom stereocenters. The van der Waals surface area contributed by atoms with Crippen LogP contribution in [0, 0.1) is 0 Å². The SMILES string of the molecule is CCCCCCOc1ccc(NC(=O)CC2C(=O)N(c3ccccc3)C(=O)N2CCc2ccc(Cl)cc2)cc1. The highest BCUT2D eigenvalue weighted by Crippen LogP contribution is 2.27. The number of halogens is 1. The van der Waals surface area contributed by atoms with Gasteiger partial charge in [0, 0.05) is 17.3 Å². The Labute approximate surface area is 234 Å². The Hall–Kier alpha value is -3.84. The predicted molar refractivity (Wildman–Crippen MR) is 154 cm³/mol. The van der Waals surface area contributed by atoms with Gasteiger partial charge >= 0.3 is 6.03 Å². The molecule has 204 valence electrons. The molecular formula is C31H34ClN3O4. The molecule has 39 heavy (non-hydrogen) atoms. The summed E-state index contributed by atoms with van der Waals surface area (Å²) < 4.78 is 5.77. The van der Waals surface area contributed by atoms with Crippen LogP contribution in [0.2, 0.25) is 5.02 Å². The molecule has 3 aromatic carbocycles. The number of nitrogens with zero attached hydrogens (tertiary/aromatic N) is 2. The van der Waals surface area contributed by atoms with Gasteiger partial charge in [0.05, 0.1) is 18.7 Å². The lowest BCUT2D eigenvalue weighted by Gasteiger charge is -2.21. The number of rotatable bonds is 13. The molecule has 1 N–H and O–H groups in total. The number of benzene rings is 3. The van der Waals surface area contributed by atoms with Gasteiger partial charge in [0.2, 0.25) is 5.91 Å². The molecular weight excluding hydrogens is 514 g/mol. The normalized spacial score (nSPS) is 15.1. The van der Waals surface area contributed by atoms with Gasteiger partial charge in [0.25, 0.3) is 5.91 Å². The molecule has 1 aliphatic heterocycles. The second-order valence-corrected chi connectivity index (χ2v) is 10.00. The summed E-state index contributed by atoms with van der Waals surface area (Å²) in [7, 11) is 0. The van der Waals surface area contributed by atoms with Crippen LogP contribution < -0.4 is 15.0 Å². The first kappa shape index (κ1) is 28.2. The highest BCUT2D eigenvalue weighted by molar-refractivity contribution is 6.30. The van der Waals surface area contributed by atoms with E-state index in [-0.39, 0.29) is 18.9 Å². The minimum absolute atomic E-state index is 0.149. The van der Waals surface area contributed by atoms with Crippen molar-refractivity contribution in [1.82, 2.24) is 4.90 Å². The van der Waals surface area contributed by atoms with E-state index in [4.69, 9.17) is 16.3 Å². The summed E-state index contributed by atoms with van der Waals surface area (Å²) in [6.45, 7) is 3.12. The van der Waals surface area contributed by atoms with Crippen LogP contribution in [0.3, 0.4) is 0 Å². The maximum absolute atomic E-state index is 13.4. The molecule has 1 saturated heterocycles. The van der Waals surface area contributed by atoms with Crippen molar-refractivity contribution >= 4 is 40.8 Å². The van der Waals surface area contributed by atoms with Crippen LogP contribution in [0.1, 0.15) is 44.6 Å². The van der Waals surface area contributed by atoms with Crippen LogP contribution in [0.4, 0.5) is 16.2 Å². The van der Waals surface area contributed by atoms with E-state index in [1.165, 1.54) is 17.7 Å². The molecule has 0 saturated carbocycles. The van der Waals surface area contributed by atoms with Gasteiger partial charge in [0.15, 0.2) is 0 Å². The van der Waals surface area contributed by atoms with E-state index in [1.54, 1.807) is 48.5 Å². The topological polar surface area (TPSA) is 79.0 Å². The second kappa shape index (κ2) is 13.8. The van der Waals surface area contributed by atoms with E-state index >= 15 is 0 Å². The molecule has 0 spiro atoms. The molecule has 4 amide bonds. The fraction of sp³-hybridized carbons (Fsp3) is 0.323. The van der Waals surface area contributed by atoms with E-state index < -0.39 is 18.0 Å². The largest absolute Gasteiger partial charge is 0.494 e. The minimum atomic E-state index is -0.907. The third kappa shape index (κ3) is 7.60. The van der Waals surface area contributed by atoms with Crippen molar-refractivity contribution < 1.29 is 19.1 Å². The number of amides is 4. The van der Waals surface area contributed by atoms with Crippen molar-refractivity contribution in [2.75, 3.05) is 23.4 Å². The third-order valence-electron chi connectivity index (χ3n) is 6.67. The highest BCUT2D eigenvalue weighted by Gasteiger charge is 2.46. The van der Waals surface area contributed by atoms with Crippen LogP contribution in [-0.2, 0) is 16.0 Å². The number of carbonyl (C=O) groups excluding carboxylic acids is 3. The fourth-order valence-corrected chi connectivity index (χ4v) is 4.67. The minimum Gasteiger partial charge on any atom is -0.494 e. The van der Waals surface area contributed by atoms with Gasteiger partial charge < -0.3 is 15.0 Å². The van der Waals surface area contributed by atoms with Crippen LogP contribution >= 0.6 is 11.6 Å². The monoisotopic (exact) mass is 547 g/mol. The maximum atomic E-state index is 13.4. The zero-order valence-corrected chi connectivity index (χ0v) is 22.9. The molecule has 0 aliphatic carbocycles. The predicted octanol–water partition coefficient (Wildman–Crippen LogP) is 6.71. The maximum Gasteiger partial charge on any atom is 0.332 e. The number of unbranched alkanes of at least 4 members (excludes halogenated alkanes) is 3. The standard InChI is InChI=1S/C31H34ClN3O4/c1-2-3-4-8-21-39-27-17-15-25(16-18-27)33-29(36)22-28-30(37)35(26-9-6-5-7-10-26)31(38)34(28)20-19-23-11-13-24(32)14-12-23/h5-7,9-18,28H,2-4,8,19-22H2,1H3,(H,33,36). The van der Waals surface area contributed by atoms with Gasteiger partial charge in [-0.05, 0) is 66.9 Å². The summed E-state index contributed by atoms with van der Waals surface area (Å²) in [6, 6.07) is 22.0. The number of carbonyl (C=O) groups is 3. The average Bonchev–Trinajstić information content (AvgIpc) is 3.17. The van der Waals surface area contributed by atoms with Gasteiger partial charge in [-0.3, -0.25) is 9.59 Å². The zero-order valence-electron chi connectivity index (χ0n) is 22.1. The summed E-state index contributed by atoms with van der Waals surface area (Å²) in [5, 5.41) is 3.48. The number of imide groups is 1. The lowest BCUT2D eigenvalue weighted by Crippen LogP contribution is -2.39. The number of hydrogen-bond donors (Lipinski definition) is 1. The Balaban J connectivity index is 1.41. The molecule has 7 nitrogen and oxygen atoms in total. The van der Waals surface area contributed by atoms with Crippen LogP contribution in [0.25, 0.3) is 0 Å². The lowest BCUT2D eigenvalue weighted by molar-refractivity contribution is -0.124. The van der Waals surface area contributed by atoms with E-state index in [1.807, 2.05) is 30.3 Å². The number of urea groups is 1. The molecule has 3 aromatic rings. The molecule has 0 aromatic heterocycles. The first-order valence-electron chi connectivity index (χ1n) is 13.4.